The molecule has 75 heteroatoms. The number of rotatable bonds is 32. The average Bonchev–Trinajstić information content (AvgIpc) is 0.759. The van der Waals surface area contributed by atoms with Crippen LogP contribution in [0.2, 0.25) is 0 Å². The van der Waals surface area contributed by atoms with Crippen LogP contribution in [-0.2, 0) is 175 Å². The summed E-state index contributed by atoms with van der Waals surface area (Å²) in [6, 6.07) is -8.95. The molecular weight excluding hydrogens is 1790 g/mol. The van der Waals surface area contributed by atoms with Crippen molar-refractivity contribution in [3.8, 4) is 0 Å². The van der Waals surface area contributed by atoms with Crippen LogP contribution in [0.15, 0.2) is 0 Å². The summed E-state index contributed by atoms with van der Waals surface area (Å²) in [5.41, 5.74) is 0. The molecule has 5 fully saturated rings. The summed E-state index contributed by atoms with van der Waals surface area (Å²) < 4.78 is 401. The molecule has 0 aromatic rings. The molecule has 0 aromatic carbocycles. The number of hydrogen-bond donors (Lipinski definition) is 8. The zero-order valence-electron chi connectivity index (χ0n) is 56.2. The minimum atomic E-state index is -6.80. The van der Waals surface area contributed by atoms with Gasteiger partial charge < -0.3 is 134 Å². The standard InChI is InChI=1S/C31H53N3O52S9.11Na/c1-71-27-9(33-88(47,48)49)13(37)16(6(76-27)3-73-91(56,57)58)78-31-21(86-95(68,69)70)14(38)19(23(83-31)25(40)41)80-29-10(34-89(50,51)52)18(84-93(62,63)64)17(7(77-29)4-74-92(59,60)61)79-30-15(39)20(85-94(65,66)67)22(24(82-30)26(42)43)81-28-8(32-87(44,45)46)12(36)11(35)5(75-28)2-72-90(53,54)55;;;;;;;;;;;/h5-24,27-39H,2-4H2,1H3,(H,40,41)(H,42,43)(H,44,45,46)(H,47,48,49)(H,50,51,52)(H,53,54,55)(H,56,57,58)(H,59,60,61)(H,62,63,64)(H,65,66,67)(H,68,69,70);;;;;;;;;;;/q;11*+1/p-11/t5-,6-,7-,8-,9-,10-,11-,12-,13-,14+,15-,16-,17-,18-,19+,20-,21-,22+,23-,24+,27+,28-,29-,30-,31-;;;;;;;;;;;/m1.........../s1. The predicted octanol–water partition coefficient (Wildman–Crippen LogP) is -52.6. The van der Waals surface area contributed by atoms with E-state index in [1.165, 1.54) is 4.72 Å². The first kappa shape index (κ1) is 127. The zero-order valence-corrected chi connectivity index (χ0v) is 85.5. The smallest absolute Gasteiger partial charge is 0.735 e. The molecule has 106 heavy (non-hydrogen) atoms. The van der Waals surface area contributed by atoms with Crippen LogP contribution in [0.4, 0.5) is 0 Å². The molecule has 0 radical (unpaired) electrons. The molecule has 8 N–H and O–H groups in total. The topological polar surface area (TPSA) is 880 Å². The number of methoxy groups -OCH3 is 1. The van der Waals surface area contributed by atoms with Crippen LogP contribution >= 0.6 is 0 Å². The number of aliphatic hydroxyl groups is 5. The number of ether oxygens (including phenoxy) is 10. The first-order valence-corrected chi connectivity index (χ1v) is 36.2. The van der Waals surface area contributed by atoms with E-state index >= 15 is 0 Å². The molecule has 5 saturated heterocycles. The Morgan fingerprint density at radius 3 is 1.03 bits per heavy atom. The summed E-state index contributed by atoms with van der Waals surface area (Å²) >= 11 is 0. The fourth-order valence-electron chi connectivity index (χ4n) is 9.16. The third kappa shape index (κ3) is 41.8. The second-order valence-electron chi connectivity index (χ2n) is 19.0. The van der Waals surface area contributed by atoms with E-state index in [0.29, 0.717) is 7.11 Å². The normalized spacial score (nSPS) is 33.8. The van der Waals surface area contributed by atoms with Gasteiger partial charge in [-0.25, -0.2) is 89.9 Å². The van der Waals surface area contributed by atoms with E-state index < -0.39 is 278 Å². The fraction of sp³-hybridized carbons (Fsp3) is 0.935. The number of aliphatic carboxylic acids is 2. The molecule has 0 saturated carbocycles. The molecule has 5 aliphatic rings. The van der Waals surface area contributed by atoms with Crippen molar-refractivity contribution < 1.29 is 560 Å². The Morgan fingerprint density at radius 1 is 0.321 bits per heavy atom. The number of carbonyl (C=O) groups excluding carboxylic acids is 2. The van der Waals surface area contributed by atoms with Crippen LogP contribution in [0, 0.1) is 0 Å². The maximum absolute atomic E-state index is 12.9. The molecule has 0 amide bonds. The molecule has 5 heterocycles. The summed E-state index contributed by atoms with van der Waals surface area (Å²) in [6.07, 6.45) is -70.0. The van der Waals surface area contributed by atoms with Crippen molar-refractivity contribution in [1.82, 2.24) is 14.2 Å². The maximum Gasteiger partial charge on any atom is 1.00 e. The number of nitrogens with one attached hydrogen (secondary N) is 3. The van der Waals surface area contributed by atoms with Crippen molar-refractivity contribution >= 4 is 105 Å². The Balaban J connectivity index is -0.00000178. The van der Waals surface area contributed by atoms with Crippen molar-refractivity contribution in [1.29, 1.82) is 0 Å². The quantitative estimate of drug-likeness (QED) is 0.0176. The summed E-state index contributed by atoms with van der Waals surface area (Å²) in [4.78, 5) is 25.7. The Morgan fingerprint density at radius 2 is 0.632 bits per heavy atom. The molecule has 5 rings (SSSR count). The van der Waals surface area contributed by atoms with Gasteiger partial charge in [0.15, 0.2) is 68.5 Å². The van der Waals surface area contributed by atoms with Crippen LogP contribution < -0.4 is 350 Å². The summed E-state index contributed by atoms with van der Waals surface area (Å²) in [5.74, 6) is -5.80. The molecule has 0 unspecified atom stereocenters. The van der Waals surface area contributed by atoms with E-state index in [-0.39, 0.29) is 325 Å². The third-order valence-corrected chi connectivity index (χ3v) is 16.9. The Bertz CT molecular complexity index is 3820. The minimum absolute atomic E-state index is 0. The SMILES string of the molecule is CO[C@H]1O[C@H](COS(=O)(=O)[O-])[C@@H](O[C@@H]2O[C@@H](C(=O)[O-])[C@@H](O[C@H]3O[C@H](COS(=O)(=O)[O-])[C@@H](O[C@@H]4O[C@H](C(=O)[O-])[C@@H](O[C@H]5O[C@H](COS(=O)(=O)[O-])[C@@H](O)[C@H](O)[C@H]5NS(=O)(=O)[O-])[C@H](OS(=O)(=O)[O-])[C@H]4O)[C@H](OS(=O)(=O)[O-])[C@H]3NS(=O)(=O)[O-])[C@H](O)[C@H]2OS(=O)(=O)[O-])[C@H](O)[C@H]1NS(=O)(=O)[O-].[Na+].[Na+].[Na+].[Na+].[Na+].[Na+].[Na+].[Na+].[Na+].[Na+].[Na+]. The van der Waals surface area contributed by atoms with Crippen LogP contribution in [0.5, 0.6) is 0 Å². The molecule has 25 atom stereocenters. The summed E-state index contributed by atoms with van der Waals surface area (Å²) in [6.45, 7) is -5.71. The second kappa shape index (κ2) is 52.2. The largest absolute Gasteiger partial charge is 1.00 e. The number of carbonyl (C=O) groups is 2. The molecule has 0 bridgehead atoms. The van der Waals surface area contributed by atoms with E-state index in [4.69, 9.17) is 47.4 Å². The van der Waals surface area contributed by atoms with Crippen molar-refractivity contribution in [2.45, 2.75) is 153 Å². The molecule has 55 nitrogen and oxygen atoms in total. The van der Waals surface area contributed by atoms with Crippen molar-refractivity contribution in [2.75, 3.05) is 26.9 Å². The predicted molar refractivity (Wildman–Crippen MR) is 250 cm³/mol. The van der Waals surface area contributed by atoms with Crippen molar-refractivity contribution in [3.05, 3.63) is 0 Å². The van der Waals surface area contributed by atoms with E-state index in [2.05, 4.69) is 25.1 Å². The van der Waals surface area contributed by atoms with Gasteiger partial charge in [0, 0.05) is 7.11 Å². The molecule has 0 aliphatic carbocycles. The molecule has 558 valence electrons. The fourth-order valence-corrected chi connectivity index (χ4v) is 13.3. The average molecular weight is 1830 g/mol. The van der Waals surface area contributed by atoms with Gasteiger partial charge in [-0.2, -0.15) is 0 Å². The minimum Gasteiger partial charge on any atom is -0.735 e. The first-order chi connectivity index (χ1) is 42.8. The molecular formula is C31H42N3Na11O52S9. The zero-order chi connectivity index (χ0) is 72.6. The Labute approximate surface area is 844 Å². The van der Waals surface area contributed by atoms with Gasteiger partial charge in [-0.05, 0) is 0 Å². The summed E-state index contributed by atoms with van der Waals surface area (Å²) in [5, 5.41) is 81.5. The van der Waals surface area contributed by atoms with Crippen LogP contribution in [0.1, 0.15) is 0 Å². The first-order valence-electron chi connectivity index (χ1n) is 24.0. The van der Waals surface area contributed by atoms with Gasteiger partial charge in [0.05, 0.1) is 31.8 Å². The second-order valence-corrected chi connectivity index (χ2v) is 28.6. The summed E-state index contributed by atoms with van der Waals surface area (Å²) in [7, 11) is -55.7. The monoisotopic (exact) mass is 1830 g/mol. The van der Waals surface area contributed by atoms with Gasteiger partial charge in [-0.3, -0.25) is 25.1 Å². The number of aliphatic hydroxyl groups excluding tert-OH is 5. The van der Waals surface area contributed by atoms with Gasteiger partial charge in [0.2, 0.25) is 62.4 Å². The molecule has 0 spiro atoms. The van der Waals surface area contributed by atoms with Gasteiger partial charge >= 0.3 is 325 Å². The van der Waals surface area contributed by atoms with Gasteiger partial charge in [-0.15, -0.1) is 0 Å². The van der Waals surface area contributed by atoms with Crippen molar-refractivity contribution in [3.63, 3.8) is 0 Å². The number of hydrogen-bond acceptors (Lipinski definition) is 52. The van der Waals surface area contributed by atoms with E-state index in [1.807, 2.05) is 0 Å². The Kier molecular flexibility index (Phi) is 62.7. The van der Waals surface area contributed by atoms with E-state index in [0.717, 1.165) is 9.44 Å². The maximum atomic E-state index is 12.9. The van der Waals surface area contributed by atoms with Crippen LogP contribution in [0.3, 0.4) is 0 Å². The van der Waals surface area contributed by atoms with E-state index in [1.54, 1.807) is 0 Å². The number of carboxylic acids is 2. The van der Waals surface area contributed by atoms with Crippen LogP contribution in [0.25, 0.3) is 0 Å². The van der Waals surface area contributed by atoms with Gasteiger partial charge in [0.25, 0.3) is 0 Å². The molecule has 5 aliphatic heterocycles. The van der Waals surface area contributed by atoms with E-state index in [9.17, 15) is 162 Å². The molecule has 0 aromatic heterocycles. The van der Waals surface area contributed by atoms with Gasteiger partial charge in [0.1, 0.15) is 116 Å². The van der Waals surface area contributed by atoms with Crippen molar-refractivity contribution in [2.24, 2.45) is 0 Å². The number of carboxylic acid groups (broad SMARTS) is 2. The third-order valence-electron chi connectivity index (χ3n) is 12.6. The van der Waals surface area contributed by atoms with Crippen LogP contribution in [-0.4, -0.2) is 334 Å². The Hall–Kier alpha value is 8.17. The van der Waals surface area contributed by atoms with Gasteiger partial charge in [-0.1, -0.05) is 0 Å².